The molecular weight excluding hydrogens is 677 g/mol. The van der Waals surface area contributed by atoms with E-state index in [2.05, 4.69) is 6.92 Å². The van der Waals surface area contributed by atoms with Gasteiger partial charge in [-0.15, -0.1) is 0 Å². The van der Waals surface area contributed by atoms with Gasteiger partial charge in [-0.3, -0.25) is 4.79 Å². The second-order valence-corrected chi connectivity index (χ2v) is 9.02. The Hall–Kier alpha value is -2.39. The van der Waals surface area contributed by atoms with Crippen LogP contribution >= 0.6 is 0 Å². The Balaban J connectivity index is 0. The lowest BCUT2D eigenvalue weighted by Gasteiger charge is -2.43. The standard InChI is InChI=1S/C11H22O2.C10HF19O2/c1-2-3-4-5-6-7-8-9-10-11(12)13;11-2(12,1(30)31)3(13,14)4(15,16)5(17,18)6(19,20)7(21,22)8(23,24)9(25,26)10(27,28)29/h2-10H2,1H3,(H,12,13);(H,30,31). The first-order chi connectivity index (χ1) is 19.2. The molecule has 0 amide bonds. The average Bonchev–Trinajstić information content (AvgIpc) is 2.84. The number of unbranched alkanes of at least 4 members (excludes halogenated alkanes) is 7. The molecule has 0 saturated heterocycles. The fourth-order valence-corrected chi connectivity index (χ4v) is 2.91. The quantitative estimate of drug-likeness (QED) is 0.117. The van der Waals surface area contributed by atoms with E-state index in [0.29, 0.717) is 6.42 Å². The maximum Gasteiger partial charge on any atom is 0.460 e. The van der Waals surface area contributed by atoms with Gasteiger partial charge in [0.2, 0.25) is 0 Å². The molecule has 0 radical (unpaired) electrons. The summed E-state index contributed by atoms with van der Waals surface area (Å²) in [6.07, 6.45) is 2.10. The SMILES string of the molecule is CCCCCCCCCCC(=O)O.O=C(O)C(F)(F)C(F)(F)C(F)(F)C(F)(F)C(F)(F)C(F)(F)C(F)(F)C(F)(F)C(F)(F)F. The van der Waals surface area contributed by atoms with Crippen LogP contribution in [0.2, 0.25) is 0 Å². The van der Waals surface area contributed by atoms with Crippen LogP contribution in [0.4, 0.5) is 83.4 Å². The largest absolute Gasteiger partial charge is 0.481 e. The van der Waals surface area contributed by atoms with Crippen LogP contribution in [0.3, 0.4) is 0 Å². The van der Waals surface area contributed by atoms with Crippen molar-refractivity contribution < 1.29 is 103 Å². The number of rotatable bonds is 17. The molecule has 0 bridgehead atoms. The highest BCUT2D eigenvalue weighted by atomic mass is 19.4. The Morgan fingerprint density at radius 3 is 0.977 bits per heavy atom. The molecule has 0 atom stereocenters. The lowest BCUT2D eigenvalue weighted by molar-refractivity contribution is -0.467. The van der Waals surface area contributed by atoms with Crippen molar-refractivity contribution in [1.82, 2.24) is 0 Å². The third-order valence-electron chi connectivity index (χ3n) is 5.63. The normalized spacial score (nSPS) is 14.6. The van der Waals surface area contributed by atoms with Crippen molar-refractivity contribution in [2.75, 3.05) is 0 Å². The molecule has 264 valence electrons. The summed E-state index contributed by atoms with van der Waals surface area (Å²) >= 11 is 0. The predicted molar refractivity (Wildman–Crippen MR) is 108 cm³/mol. The maximum absolute atomic E-state index is 13.1. The number of aliphatic carboxylic acids is 2. The van der Waals surface area contributed by atoms with Crippen LogP contribution in [0.1, 0.15) is 64.7 Å². The summed E-state index contributed by atoms with van der Waals surface area (Å²) in [4.78, 5) is 20.0. The molecule has 23 heteroatoms. The second kappa shape index (κ2) is 14.4. The van der Waals surface area contributed by atoms with Gasteiger partial charge in [-0.25, -0.2) is 4.79 Å². The van der Waals surface area contributed by atoms with Crippen LogP contribution in [0.25, 0.3) is 0 Å². The van der Waals surface area contributed by atoms with E-state index >= 15 is 0 Å². The molecule has 0 unspecified atom stereocenters. The minimum Gasteiger partial charge on any atom is -0.481 e. The van der Waals surface area contributed by atoms with E-state index in [-0.39, 0.29) is 0 Å². The lowest BCUT2D eigenvalue weighted by atomic mass is 9.87. The van der Waals surface area contributed by atoms with Crippen LogP contribution < -0.4 is 0 Å². The Labute approximate surface area is 234 Å². The first kappa shape index (κ1) is 43.7. The Morgan fingerprint density at radius 1 is 0.432 bits per heavy atom. The van der Waals surface area contributed by atoms with Crippen molar-refractivity contribution >= 4 is 11.9 Å². The minimum atomic E-state index is -9.06. The number of carboxylic acid groups (broad SMARTS) is 2. The zero-order valence-corrected chi connectivity index (χ0v) is 21.8. The summed E-state index contributed by atoms with van der Waals surface area (Å²) in [5, 5.41) is 16.0. The van der Waals surface area contributed by atoms with E-state index in [4.69, 9.17) is 10.2 Å². The number of hydrogen-bond donors (Lipinski definition) is 2. The zero-order valence-electron chi connectivity index (χ0n) is 21.8. The second-order valence-electron chi connectivity index (χ2n) is 9.02. The van der Waals surface area contributed by atoms with Gasteiger partial charge in [0.05, 0.1) is 0 Å². The molecule has 0 aliphatic heterocycles. The fourth-order valence-electron chi connectivity index (χ4n) is 2.91. The van der Waals surface area contributed by atoms with E-state index in [0.717, 1.165) is 12.8 Å². The summed E-state index contributed by atoms with van der Waals surface area (Å²) in [6, 6.07) is 0. The number of hydrogen-bond acceptors (Lipinski definition) is 2. The van der Waals surface area contributed by atoms with E-state index in [9.17, 15) is 93.0 Å². The van der Waals surface area contributed by atoms with Gasteiger partial charge < -0.3 is 10.2 Å². The molecule has 4 nitrogen and oxygen atoms in total. The van der Waals surface area contributed by atoms with Crippen molar-refractivity contribution in [3.63, 3.8) is 0 Å². The third-order valence-corrected chi connectivity index (χ3v) is 5.63. The van der Waals surface area contributed by atoms with E-state index in [1.165, 1.54) is 38.5 Å². The van der Waals surface area contributed by atoms with Gasteiger partial charge in [0.1, 0.15) is 0 Å². The summed E-state index contributed by atoms with van der Waals surface area (Å²) in [6.45, 7) is 2.22. The van der Waals surface area contributed by atoms with Crippen LogP contribution in [0.15, 0.2) is 0 Å². The van der Waals surface area contributed by atoms with E-state index < -0.39 is 65.5 Å². The van der Waals surface area contributed by atoms with Crippen LogP contribution in [-0.4, -0.2) is 75.7 Å². The van der Waals surface area contributed by atoms with E-state index in [1.54, 1.807) is 0 Å². The Kier molecular flexibility index (Phi) is 14.3. The van der Waals surface area contributed by atoms with Gasteiger partial charge in [-0.1, -0.05) is 51.9 Å². The van der Waals surface area contributed by atoms with Gasteiger partial charge in [0, 0.05) is 6.42 Å². The Morgan fingerprint density at radius 2 is 0.705 bits per heavy atom. The first-order valence-electron chi connectivity index (χ1n) is 11.8. The molecule has 0 aromatic rings. The molecular formula is C21H23F19O4. The number of carboxylic acids is 2. The third kappa shape index (κ3) is 8.06. The molecule has 0 aliphatic carbocycles. The summed E-state index contributed by atoms with van der Waals surface area (Å²) in [5.74, 6) is -73.9. The summed E-state index contributed by atoms with van der Waals surface area (Å²) in [5.41, 5.74) is 0. The molecule has 0 rings (SSSR count). The number of alkyl halides is 19. The van der Waals surface area contributed by atoms with Gasteiger partial charge in [-0.2, -0.15) is 83.4 Å². The topological polar surface area (TPSA) is 74.6 Å². The van der Waals surface area contributed by atoms with Crippen LogP contribution in [-0.2, 0) is 9.59 Å². The highest BCUT2D eigenvalue weighted by Crippen LogP contribution is 2.65. The monoisotopic (exact) mass is 700 g/mol. The van der Waals surface area contributed by atoms with Crippen molar-refractivity contribution in [3.8, 4) is 0 Å². The molecule has 2 N–H and O–H groups in total. The van der Waals surface area contributed by atoms with Gasteiger partial charge in [-0.05, 0) is 6.42 Å². The number of carbonyl (C=O) groups is 2. The molecule has 0 aromatic heterocycles. The predicted octanol–water partition coefficient (Wildman–Crippen LogP) is 9.32. The van der Waals surface area contributed by atoms with Gasteiger partial charge in [0.15, 0.2) is 0 Å². The van der Waals surface area contributed by atoms with Crippen LogP contribution in [0, 0.1) is 0 Å². The summed E-state index contributed by atoms with van der Waals surface area (Å²) < 4.78 is 242. The highest BCUT2D eigenvalue weighted by molar-refractivity contribution is 5.77. The highest BCUT2D eigenvalue weighted by Gasteiger charge is 2.97. The van der Waals surface area contributed by atoms with Crippen molar-refractivity contribution in [1.29, 1.82) is 0 Å². The lowest BCUT2D eigenvalue weighted by Crippen LogP contribution is -2.76. The Bertz CT molecular complexity index is 944. The fraction of sp³-hybridized carbons (Fsp3) is 0.905. The van der Waals surface area contributed by atoms with Gasteiger partial charge in [0.25, 0.3) is 0 Å². The molecule has 0 aliphatic rings. The zero-order chi connectivity index (χ0) is 36.0. The van der Waals surface area contributed by atoms with Crippen molar-refractivity contribution in [3.05, 3.63) is 0 Å². The minimum absolute atomic E-state index is 0.342. The average molecular weight is 700 g/mol. The smallest absolute Gasteiger partial charge is 0.460 e. The molecule has 0 aromatic carbocycles. The first-order valence-corrected chi connectivity index (χ1v) is 11.8. The van der Waals surface area contributed by atoms with Crippen LogP contribution in [0.5, 0.6) is 0 Å². The maximum atomic E-state index is 13.1. The van der Waals surface area contributed by atoms with Gasteiger partial charge >= 0.3 is 65.5 Å². The molecule has 0 spiro atoms. The van der Waals surface area contributed by atoms with Crippen molar-refractivity contribution in [2.45, 2.75) is 118 Å². The molecule has 0 fully saturated rings. The molecule has 0 saturated carbocycles. The summed E-state index contributed by atoms with van der Waals surface area (Å²) in [7, 11) is 0. The number of halogens is 19. The molecule has 44 heavy (non-hydrogen) atoms. The van der Waals surface area contributed by atoms with Crippen molar-refractivity contribution in [2.24, 2.45) is 0 Å². The van der Waals surface area contributed by atoms with E-state index in [1.807, 2.05) is 0 Å². The molecule has 0 heterocycles.